The van der Waals surface area contributed by atoms with Crippen molar-refractivity contribution in [3.05, 3.63) is 53.7 Å². The first-order valence-corrected chi connectivity index (χ1v) is 4.77. The molecule has 0 atom stereocenters. The average molecular weight is 239 g/mol. The van der Waals surface area contributed by atoms with Crippen molar-refractivity contribution < 1.29 is 18.0 Å². The Morgan fingerprint density at radius 1 is 1.24 bits per heavy atom. The van der Waals surface area contributed by atoms with Crippen LogP contribution in [0, 0.1) is 0 Å². The zero-order valence-electron chi connectivity index (χ0n) is 8.64. The van der Waals surface area contributed by atoms with Crippen LogP contribution in [0.3, 0.4) is 0 Å². The highest BCUT2D eigenvalue weighted by Crippen LogP contribution is 2.32. The number of halogens is 3. The van der Waals surface area contributed by atoms with Crippen LogP contribution < -0.4 is 5.32 Å². The highest BCUT2D eigenvalue weighted by atomic mass is 19.4. The molecule has 0 unspecified atom stereocenters. The summed E-state index contributed by atoms with van der Waals surface area (Å²) >= 11 is 0. The zero-order chi connectivity index (χ0) is 12.6. The van der Waals surface area contributed by atoms with E-state index in [1.54, 1.807) is 0 Å². The minimum absolute atomic E-state index is 0.314. The molecule has 1 aromatic rings. The number of carbonyl (C=O) groups is 1. The Labute approximate surface area is 95.4 Å². The van der Waals surface area contributed by atoms with Gasteiger partial charge in [-0.25, -0.2) is 0 Å². The third-order valence-corrected chi connectivity index (χ3v) is 2.38. The van der Waals surface area contributed by atoms with Gasteiger partial charge >= 0.3 is 6.18 Å². The van der Waals surface area contributed by atoms with E-state index in [1.165, 1.54) is 18.2 Å². The van der Waals surface area contributed by atoms with E-state index in [-0.39, 0.29) is 5.91 Å². The first-order chi connectivity index (χ1) is 7.88. The van der Waals surface area contributed by atoms with Gasteiger partial charge in [0.05, 0.1) is 5.56 Å². The van der Waals surface area contributed by atoms with Crippen LogP contribution >= 0.6 is 0 Å². The van der Waals surface area contributed by atoms with Crippen LogP contribution in [-0.4, -0.2) is 5.91 Å². The first-order valence-electron chi connectivity index (χ1n) is 4.77. The van der Waals surface area contributed by atoms with Crippen molar-refractivity contribution in [1.29, 1.82) is 0 Å². The normalized spacial score (nSPS) is 15.8. The third-order valence-electron chi connectivity index (χ3n) is 2.38. The summed E-state index contributed by atoms with van der Waals surface area (Å²) in [6.45, 7) is 3.57. The quantitative estimate of drug-likeness (QED) is 0.802. The van der Waals surface area contributed by atoms with E-state index in [0.717, 1.165) is 12.1 Å². The summed E-state index contributed by atoms with van der Waals surface area (Å²) < 4.78 is 37.5. The van der Waals surface area contributed by atoms with Crippen molar-refractivity contribution in [2.45, 2.75) is 6.18 Å². The van der Waals surface area contributed by atoms with Crippen LogP contribution in [0.2, 0.25) is 0 Å². The molecule has 0 saturated carbocycles. The summed E-state index contributed by atoms with van der Waals surface area (Å²) in [6.07, 6.45) is -3.16. The number of rotatable bonds is 1. The lowest BCUT2D eigenvalue weighted by molar-refractivity contribution is -0.137. The molecular weight excluding hydrogens is 231 g/mol. The largest absolute Gasteiger partial charge is 0.416 e. The molecule has 0 aliphatic carbocycles. The van der Waals surface area contributed by atoms with Gasteiger partial charge in [-0.3, -0.25) is 4.79 Å². The summed E-state index contributed by atoms with van der Waals surface area (Å²) in [5.74, 6) is -0.373. The molecule has 1 aliphatic rings. The van der Waals surface area contributed by atoms with E-state index < -0.39 is 11.7 Å². The first kappa shape index (κ1) is 11.4. The molecule has 0 aromatic heterocycles. The number of amides is 1. The fourth-order valence-corrected chi connectivity index (χ4v) is 1.59. The van der Waals surface area contributed by atoms with Crippen molar-refractivity contribution in [1.82, 2.24) is 5.32 Å². The van der Waals surface area contributed by atoms with Crippen molar-refractivity contribution >= 4 is 11.5 Å². The summed E-state index contributed by atoms with van der Waals surface area (Å²) in [7, 11) is 0. The minimum Gasteiger partial charge on any atom is -0.322 e. The smallest absolute Gasteiger partial charge is 0.322 e. The Balaban J connectivity index is 2.45. The molecule has 0 spiro atoms. The number of nitrogens with one attached hydrogen (secondary N) is 1. The third kappa shape index (κ3) is 2.22. The summed E-state index contributed by atoms with van der Waals surface area (Å²) in [5, 5.41) is 2.42. The maximum absolute atomic E-state index is 12.5. The number of carbonyl (C=O) groups excluding carboxylic acids is 1. The molecule has 1 heterocycles. The predicted molar refractivity (Wildman–Crippen MR) is 56.7 cm³/mol. The van der Waals surface area contributed by atoms with Gasteiger partial charge < -0.3 is 5.32 Å². The second-order valence-corrected chi connectivity index (χ2v) is 3.60. The number of hydrogen-bond acceptors (Lipinski definition) is 1. The average Bonchev–Trinajstić information content (AvgIpc) is 2.57. The van der Waals surface area contributed by atoms with Gasteiger partial charge in [-0.2, -0.15) is 13.2 Å². The van der Waals surface area contributed by atoms with Gasteiger partial charge in [0.1, 0.15) is 0 Å². The molecule has 0 bridgehead atoms. The molecular formula is C12H8F3NO. The van der Waals surface area contributed by atoms with Gasteiger partial charge in [0.15, 0.2) is 0 Å². The lowest BCUT2D eigenvalue weighted by Gasteiger charge is -2.09. The molecule has 0 fully saturated rings. The highest BCUT2D eigenvalue weighted by molar-refractivity contribution is 6.06. The minimum atomic E-state index is -4.39. The van der Waals surface area contributed by atoms with E-state index in [1.807, 2.05) is 0 Å². The monoisotopic (exact) mass is 239 g/mol. The fourth-order valence-electron chi connectivity index (χ4n) is 1.59. The molecule has 17 heavy (non-hydrogen) atoms. The Bertz CT molecular complexity index is 529. The summed E-state index contributed by atoms with van der Waals surface area (Å²) in [5.41, 5.74) is 0.279. The fraction of sp³-hybridized carbons (Fsp3) is 0.0833. The molecule has 0 radical (unpaired) electrons. The summed E-state index contributed by atoms with van der Waals surface area (Å²) in [6, 6.07) is 4.79. The topological polar surface area (TPSA) is 29.1 Å². The molecule has 1 aromatic carbocycles. The molecule has 1 amide bonds. The van der Waals surface area contributed by atoms with Crippen molar-refractivity contribution in [2.75, 3.05) is 0 Å². The van der Waals surface area contributed by atoms with Gasteiger partial charge in [0, 0.05) is 17.3 Å². The van der Waals surface area contributed by atoms with E-state index in [2.05, 4.69) is 11.9 Å². The van der Waals surface area contributed by atoms with Crippen LogP contribution in [0.15, 0.2) is 42.6 Å². The Kier molecular flexibility index (Phi) is 2.53. The molecule has 1 N–H and O–H groups in total. The van der Waals surface area contributed by atoms with Gasteiger partial charge in [-0.15, -0.1) is 0 Å². The van der Waals surface area contributed by atoms with E-state index in [0.29, 0.717) is 16.8 Å². The maximum atomic E-state index is 12.5. The van der Waals surface area contributed by atoms with Gasteiger partial charge in [0.2, 0.25) is 5.91 Å². The Morgan fingerprint density at radius 2 is 1.94 bits per heavy atom. The zero-order valence-corrected chi connectivity index (χ0v) is 8.64. The van der Waals surface area contributed by atoms with Crippen LogP contribution in [0.25, 0.3) is 5.57 Å². The van der Waals surface area contributed by atoms with Crippen LogP contribution in [0.5, 0.6) is 0 Å². The van der Waals surface area contributed by atoms with Crippen molar-refractivity contribution in [3.63, 3.8) is 0 Å². The van der Waals surface area contributed by atoms with E-state index in [9.17, 15) is 18.0 Å². The van der Waals surface area contributed by atoms with Crippen LogP contribution in [-0.2, 0) is 11.0 Å². The molecule has 5 heteroatoms. The number of alkyl halides is 3. The lowest BCUT2D eigenvalue weighted by Crippen LogP contribution is -2.12. The highest BCUT2D eigenvalue weighted by Gasteiger charge is 2.31. The second-order valence-electron chi connectivity index (χ2n) is 3.60. The van der Waals surface area contributed by atoms with Crippen molar-refractivity contribution in [2.24, 2.45) is 0 Å². The number of allylic oxidation sites excluding steroid dienone is 1. The predicted octanol–water partition coefficient (Wildman–Crippen LogP) is 2.73. The Morgan fingerprint density at radius 3 is 2.47 bits per heavy atom. The van der Waals surface area contributed by atoms with Crippen molar-refractivity contribution in [3.8, 4) is 0 Å². The Hall–Kier alpha value is -2.04. The molecule has 1 aliphatic heterocycles. The standard InChI is InChI=1S/C12H8F3NO/c1-7-10(6-11(17)16-7)8-3-2-4-9(5-8)12(13,14)15/h2-6H,1H2,(H,16,17). The number of benzene rings is 1. The second kappa shape index (κ2) is 3.76. The molecule has 2 rings (SSSR count). The lowest BCUT2D eigenvalue weighted by atomic mass is 10.0. The number of hydrogen-bond donors (Lipinski definition) is 1. The molecule has 0 saturated heterocycles. The summed E-state index contributed by atoms with van der Waals surface area (Å²) in [4.78, 5) is 11.0. The van der Waals surface area contributed by atoms with E-state index >= 15 is 0 Å². The van der Waals surface area contributed by atoms with Gasteiger partial charge in [-0.05, 0) is 17.7 Å². The maximum Gasteiger partial charge on any atom is 0.416 e. The van der Waals surface area contributed by atoms with Gasteiger partial charge in [0.25, 0.3) is 0 Å². The van der Waals surface area contributed by atoms with Crippen LogP contribution in [0.1, 0.15) is 11.1 Å². The molecule has 88 valence electrons. The van der Waals surface area contributed by atoms with Gasteiger partial charge in [-0.1, -0.05) is 18.7 Å². The van der Waals surface area contributed by atoms with Crippen LogP contribution in [0.4, 0.5) is 13.2 Å². The SMILES string of the molecule is C=C1NC(=O)C=C1c1cccc(C(F)(F)F)c1. The molecule has 2 nitrogen and oxygen atoms in total. The van der Waals surface area contributed by atoms with E-state index in [4.69, 9.17) is 0 Å².